The molecule has 0 aliphatic carbocycles. The lowest BCUT2D eigenvalue weighted by Crippen LogP contribution is -2.48. The molecule has 2 atom stereocenters. The van der Waals surface area contributed by atoms with Crippen LogP contribution in [0.4, 0.5) is 0 Å². The Morgan fingerprint density at radius 1 is 0.920 bits per heavy atom. The molecule has 0 saturated heterocycles. The monoisotopic (exact) mass is 364 g/mol. The zero-order valence-electron chi connectivity index (χ0n) is 14.9. The summed E-state index contributed by atoms with van der Waals surface area (Å²) in [6, 6.07) is 10.1. The number of benzene rings is 2. The van der Waals surface area contributed by atoms with Crippen LogP contribution in [0.5, 0.6) is 0 Å². The number of hydrogen-bond acceptors (Lipinski definition) is 4. The van der Waals surface area contributed by atoms with Gasteiger partial charge in [0.25, 0.3) is 0 Å². The summed E-state index contributed by atoms with van der Waals surface area (Å²) >= 11 is 0. The molecule has 0 aliphatic heterocycles. The first kappa shape index (κ1) is 19.8. The van der Waals surface area contributed by atoms with Crippen molar-refractivity contribution in [3.63, 3.8) is 0 Å². The van der Waals surface area contributed by atoms with Crippen LogP contribution in [0.2, 0.25) is 0 Å². The number of aryl methyl sites for hydroxylation is 4. The van der Waals surface area contributed by atoms with Crippen LogP contribution >= 0.6 is 7.82 Å². The third-order valence-electron chi connectivity index (χ3n) is 4.01. The molecule has 0 aromatic heterocycles. The summed E-state index contributed by atoms with van der Waals surface area (Å²) in [5.41, 5.74) is 15.7. The topological polar surface area (TPSA) is 119 Å². The highest BCUT2D eigenvalue weighted by molar-refractivity contribution is 7.46. The lowest BCUT2D eigenvalue weighted by atomic mass is 9.88. The maximum atomic E-state index is 11.6. The SMILES string of the molecule is Cc1cc(C)cc([C@H](N)[C@@](N)(OP(=O)(O)O)c2cc(C)cc(C)c2)c1. The number of hydrogen-bond donors (Lipinski definition) is 4. The summed E-state index contributed by atoms with van der Waals surface area (Å²) in [6.07, 6.45) is 0. The Labute approximate surface area is 148 Å². The zero-order valence-corrected chi connectivity index (χ0v) is 15.7. The first-order chi connectivity index (χ1) is 11.4. The van der Waals surface area contributed by atoms with Crippen molar-refractivity contribution in [1.82, 2.24) is 0 Å². The molecule has 6 N–H and O–H groups in total. The van der Waals surface area contributed by atoms with Crippen molar-refractivity contribution in [2.24, 2.45) is 11.5 Å². The van der Waals surface area contributed by atoms with Crippen LogP contribution in [0.1, 0.15) is 39.4 Å². The molecular formula is C18H25N2O4P. The van der Waals surface area contributed by atoms with Gasteiger partial charge in [-0.15, -0.1) is 0 Å². The van der Waals surface area contributed by atoms with E-state index in [2.05, 4.69) is 0 Å². The molecule has 0 spiro atoms. The van der Waals surface area contributed by atoms with Crippen LogP contribution in [-0.4, -0.2) is 9.79 Å². The fourth-order valence-corrected chi connectivity index (χ4v) is 3.74. The summed E-state index contributed by atoms with van der Waals surface area (Å²) in [5.74, 6) is 0. The Morgan fingerprint density at radius 3 is 1.72 bits per heavy atom. The largest absolute Gasteiger partial charge is 0.471 e. The molecule has 0 unspecified atom stereocenters. The minimum atomic E-state index is -4.89. The van der Waals surface area contributed by atoms with Gasteiger partial charge in [-0.2, -0.15) is 0 Å². The average Bonchev–Trinajstić information content (AvgIpc) is 2.42. The predicted octanol–water partition coefficient (Wildman–Crippen LogP) is 2.84. The van der Waals surface area contributed by atoms with Gasteiger partial charge < -0.3 is 15.5 Å². The van der Waals surface area contributed by atoms with Crippen molar-refractivity contribution >= 4 is 7.82 Å². The molecule has 2 aromatic carbocycles. The molecule has 0 amide bonds. The predicted molar refractivity (Wildman–Crippen MR) is 97.8 cm³/mol. The normalized spacial score (nSPS) is 15.7. The van der Waals surface area contributed by atoms with Crippen LogP contribution < -0.4 is 11.5 Å². The van der Waals surface area contributed by atoms with Crippen molar-refractivity contribution in [1.29, 1.82) is 0 Å². The summed E-state index contributed by atoms with van der Waals surface area (Å²) in [4.78, 5) is 18.8. The zero-order chi connectivity index (χ0) is 19.0. The molecule has 0 bridgehead atoms. The van der Waals surface area contributed by atoms with Gasteiger partial charge in [0.2, 0.25) is 0 Å². The highest BCUT2D eigenvalue weighted by atomic mass is 31.2. The van der Waals surface area contributed by atoms with Gasteiger partial charge in [0.1, 0.15) is 0 Å². The summed E-state index contributed by atoms with van der Waals surface area (Å²) < 4.78 is 16.6. The van der Waals surface area contributed by atoms with E-state index in [1.807, 2.05) is 52.0 Å². The van der Waals surface area contributed by atoms with Crippen LogP contribution in [0, 0.1) is 27.7 Å². The second-order valence-electron chi connectivity index (χ2n) is 6.65. The van der Waals surface area contributed by atoms with Gasteiger partial charge in [0, 0.05) is 5.56 Å². The van der Waals surface area contributed by atoms with Gasteiger partial charge in [-0.3, -0.25) is 10.3 Å². The maximum Gasteiger partial charge on any atom is 0.471 e. The highest BCUT2D eigenvalue weighted by Crippen LogP contribution is 2.47. The number of rotatable bonds is 5. The second kappa shape index (κ2) is 7.00. The third kappa shape index (κ3) is 4.76. The summed E-state index contributed by atoms with van der Waals surface area (Å²) in [6.45, 7) is 7.58. The van der Waals surface area contributed by atoms with Crippen LogP contribution in [0.25, 0.3) is 0 Å². The van der Waals surface area contributed by atoms with E-state index in [1.165, 1.54) is 0 Å². The second-order valence-corrected chi connectivity index (χ2v) is 7.81. The summed E-state index contributed by atoms with van der Waals surface area (Å²) in [7, 11) is -4.89. The minimum absolute atomic E-state index is 0.417. The van der Waals surface area contributed by atoms with Gasteiger partial charge in [-0.25, -0.2) is 4.57 Å². The van der Waals surface area contributed by atoms with Crippen LogP contribution in [0.3, 0.4) is 0 Å². The van der Waals surface area contributed by atoms with Gasteiger partial charge in [0.05, 0.1) is 6.04 Å². The van der Waals surface area contributed by atoms with E-state index >= 15 is 0 Å². The number of phosphoric ester groups is 1. The molecule has 0 fully saturated rings. The molecule has 0 aliphatic rings. The first-order valence-electron chi connectivity index (χ1n) is 7.88. The van der Waals surface area contributed by atoms with Crippen LogP contribution in [-0.2, 0) is 14.8 Å². The Hall–Kier alpha value is -1.53. The average molecular weight is 364 g/mol. The molecule has 136 valence electrons. The lowest BCUT2D eigenvalue weighted by molar-refractivity contribution is 0.0118. The molecular weight excluding hydrogens is 339 g/mol. The van der Waals surface area contributed by atoms with Crippen LogP contribution in [0.15, 0.2) is 36.4 Å². The van der Waals surface area contributed by atoms with E-state index in [1.54, 1.807) is 12.1 Å². The molecule has 6 nitrogen and oxygen atoms in total. The molecule has 2 rings (SSSR count). The Balaban J connectivity index is 2.63. The number of phosphoric acid groups is 1. The van der Waals surface area contributed by atoms with E-state index < -0.39 is 19.6 Å². The quantitative estimate of drug-likeness (QED) is 0.478. The smallest absolute Gasteiger partial charge is 0.320 e. The fourth-order valence-electron chi connectivity index (χ4n) is 3.12. The molecule has 0 heterocycles. The molecule has 25 heavy (non-hydrogen) atoms. The van der Waals surface area contributed by atoms with E-state index in [0.717, 1.165) is 22.3 Å². The molecule has 2 aromatic rings. The van der Waals surface area contributed by atoms with Gasteiger partial charge in [-0.05, 0) is 33.3 Å². The Kier molecular flexibility index (Phi) is 5.54. The third-order valence-corrected chi connectivity index (χ3v) is 4.55. The minimum Gasteiger partial charge on any atom is -0.320 e. The molecule has 0 saturated carbocycles. The van der Waals surface area contributed by atoms with Crippen molar-refractivity contribution in [2.45, 2.75) is 39.5 Å². The standard InChI is InChI=1S/C18H25N2O4P/c1-11-5-12(2)8-15(7-11)17(19)18(20,24-25(21,22)23)16-9-13(3)6-14(4)10-16/h5-10,17H,19-20H2,1-4H3,(H2,21,22,23)/t17-,18-/m0/s1. The Bertz CT molecular complexity index is 793. The first-order valence-corrected chi connectivity index (χ1v) is 9.41. The van der Waals surface area contributed by atoms with E-state index in [9.17, 15) is 14.4 Å². The lowest BCUT2D eigenvalue weighted by Gasteiger charge is -2.36. The van der Waals surface area contributed by atoms with E-state index in [0.29, 0.717) is 11.1 Å². The van der Waals surface area contributed by atoms with Crippen molar-refractivity contribution in [2.75, 3.05) is 0 Å². The number of nitrogens with two attached hydrogens (primary N) is 2. The molecule has 7 heteroatoms. The van der Waals surface area contributed by atoms with E-state index in [4.69, 9.17) is 16.0 Å². The fraction of sp³-hybridized carbons (Fsp3) is 0.333. The van der Waals surface area contributed by atoms with Crippen molar-refractivity contribution < 1.29 is 18.9 Å². The Morgan fingerprint density at radius 2 is 1.32 bits per heavy atom. The molecule has 0 radical (unpaired) electrons. The van der Waals surface area contributed by atoms with Gasteiger partial charge in [0.15, 0.2) is 5.72 Å². The van der Waals surface area contributed by atoms with Gasteiger partial charge in [-0.1, -0.05) is 58.7 Å². The summed E-state index contributed by atoms with van der Waals surface area (Å²) in [5, 5.41) is 0. The maximum absolute atomic E-state index is 11.6. The van der Waals surface area contributed by atoms with E-state index in [-0.39, 0.29) is 0 Å². The highest BCUT2D eigenvalue weighted by Gasteiger charge is 2.42. The van der Waals surface area contributed by atoms with Gasteiger partial charge >= 0.3 is 7.82 Å². The van der Waals surface area contributed by atoms with Crippen molar-refractivity contribution in [3.05, 3.63) is 69.8 Å². The van der Waals surface area contributed by atoms with Crippen molar-refractivity contribution in [3.8, 4) is 0 Å².